The first-order chi connectivity index (χ1) is 14.5. The molecule has 0 radical (unpaired) electrons. The van der Waals surface area contributed by atoms with Crippen LogP contribution in [-0.4, -0.2) is 45.8 Å². The molecule has 8 nitrogen and oxygen atoms in total. The van der Waals surface area contributed by atoms with Gasteiger partial charge >= 0.3 is 5.97 Å². The van der Waals surface area contributed by atoms with E-state index in [-0.39, 0.29) is 13.4 Å². The van der Waals surface area contributed by atoms with Crippen molar-refractivity contribution >= 4 is 5.97 Å². The highest BCUT2D eigenvalue weighted by Crippen LogP contribution is 2.63. The smallest absolute Gasteiger partial charge is 0.316 e. The SMILES string of the molecule is COc1cc([C@@H]2c3cc4c(cc3[C@H](O)[C@@]23CCOC3=O)OCO4)cc(OC)c1OC. The van der Waals surface area contributed by atoms with Crippen molar-refractivity contribution < 1.29 is 38.3 Å². The van der Waals surface area contributed by atoms with Crippen LogP contribution >= 0.6 is 0 Å². The van der Waals surface area contributed by atoms with Crippen molar-refractivity contribution in [3.05, 3.63) is 41.0 Å². The van der Waals surface area contributed by atoms with Crippen molar-refractivity contribution in [2.45, 2.75) is 18.4 Å². The number of rotatable bonds is 4. The van der Waals surface area contributed by atoms with Gasteiger partial charge in [0.15, 0.2) is 23.0 Å². The molecule has 2 aliphatic heterocycles. The lowest BCUT2D eigenvalue weighted by atomic mass is 9.70. The highest BCUT2D eigenvalue weighted by Gasteiger charge is 2.62. The molecule has 5 rings (SSSR count). The van der Waals surface area contributed by atoms with Gasteiger partial charge in [0.25, 0.3) is 0 Å². The van der Waals surface area contributed by atoms with Gasteiger partial charge in [-0.3, -0.25) is 4.79 Å². The minimum atomic E-state index is -1.15. The summed E-state index contributed by atoms with van der Waals surface area (Å²) >= 11 is 0. The predicted molar refractivity (Wildman–Crippen MR) is 103 cm³/mol. The Bertz CT molecular complexity index is 1010. The molecule has 30 heavy (non-hydrogen) atoms. The van der Waals surface area contributed by atoms with Gasteiger partial charge in [-0.1, -0.05) is 0 Å². The predicted octanol–water partition coefficient (Wildman–Crippen LogP) is 2.55. The van der Waals surface area contributed by atoms with E-state index in [0.717, 1.165) is 11.1 Å². The number of benzene rings is 2. The Kier molecular flexibility index (Phi) is 4.21. The number of methoxy groups -OCH3 is 3. The van der Waals surface area contributed by atoms with Crippen LogP contribution in [0.4, 0.5) is 0 Å². The number of carbonyl (C=O) groups excluding carboxylic acids is 1. The number of hydrogen-bond acceptors (Lipinski definition) is 8. The summed E-state index contributed by atoms with van der Waals surface area (Å²) in [7, 11) is 4.61. The maximum absolute atomic E-state index is 13.0. The lowest BCUT2D eigenvalue weighted by molar-refractivity contribution is -0.152. The Morgan fingerprint density at radius 1 is 0.933 bits per heavy atom. The van der Waals surface area contributed by atoms with Crippen molar-refractivity contribution in [2.75, 3.05) is 34.7 Å². The zero-order valence-electron chi connectivity index (χ0n) is 16.9. The summed E-state index contributed by atoms with van der Waals surface area (Å²) in [5.41, 5.74) is 1.03. The molecule has 3 atom stereocenters. The van der Waals surface area contributed by atoms with Crippen molar-refractivity contribution in [3.63, 3.8) is 0 Å². The summed E-state index contributed by atoms with van der Waals surface area (Å²) in [6.07, 6.45) is -0.656. The zero-order valence-corrected chi connectivity index (χ0v) is 16.9. The molecule has 2 aromatic carbocycles. The highest BCUT2D eigenvalue weighted by atomic mass is 16.7. The molecule has 0 saturated carbocycles. The number of esters is 1. The van der Waals surface area contributed by atoms with Crippen LogP contribution in [0, 0.1) is 5.41 Å². The molecule has 158 valence electrons. The van der Waals surface area contributed by atoms with Crippen LogP contribution in [0.25, 0.3) is 0 Å². The first-order valence-corrected chi connectivity index (χ1v) is 9.63. The van der Waals surface area contributed by atoms with Gasteiger partial charge < -0.3 is 33.5 Å². The van der Waals surface area contributed by atoms with E-state index in [4.69, 9.17) is 28.4 Å². The summed E-state index contributed by atoms with van der Waals surface area (Å²) in [6, 6.07) is 7.22. The quantitative estimate of drug-likeness (QED) is 0.763. The minimum Gasteiger partial charge on any atom is -0.493 e. The van der Waals surface area contributed by atoms with E-state index in [1.807, 2.05) is 18.2 Å². The maximum atomic E-state index is 13.0. The maximum Gasteiger partial charge on any atom is 0.316 e. The number of cyclic esters (lactones) is 1. The van der Waals surface area contributed by atoms with Gasteiger partial charge in [0.05, 0.1) is 34.0 Å². The Hall–Kier alpha value is -3.13. The van der Waals surface area contributed by atoms with Crippen LogP contribution in [0.5, 0.6) is 28.7 Å². The van der Waals surface area contributed by atoms with Gasteiger partial charge in [-0.25, -0.2) is 0 Å². The summed E-state index contributed by atoms with van der Waals surface area (Å²) < 4.78 is 32.9. The van der Waals surface area contributed by atoms with E-state index >= 15 is 0 Å². The molecule has 1 N–H and O–H groups in total. The second kappa shape index (κ2) is 6.70. The Balaban J connectivity index is 1.76. The highest BCUT2D eigenvalue weighted by molar-refractivity contribution is 5.84. The number of aliphatic hydroxyl groups is 1. The molecule has 1 spiro atoms. The van der Waals surface area contributed by atoms with Crippen molar-refractivity contribution in [2.24, 2.45) is 5.41 Å². The van der Waals surface area contributed by atoms with Crippen LogP contribution in [0.3, 0.4) is 0 Å². The molecule has 2 aromatic rings. The van der Waals surface area contributed by atoms with Crippen LogP contribution in [-0.2, 0) is 9.53 Å². The van der Waals surface area contributed by atoms with Gasteiger partial charge in [-0.2, -0.15) is 0 Å². The number of hydrogen-bond donors (Lipinski definition) is 1. The number of carbonyl (C=O) groups is 1. The zero-order chi connectivity index (χ0) is 21.0. The first-order valence-electron chi connectivity index (χ1n) is 9.63. The molecule has 1 saturated heterocycles. The van der Waals surface area contributed by atoms with Crippen LogP contribution < -0.4 is 23.7 Å². The Morgan fingerprint density at radius 2 is 1.57 bits per heavy atom. The minimum absolute atomic E-state index is 0.121. The molecule has 0 bridgehead atoms. The summed E-state index contributed by atoms with van der Waals surface area (Å²) in [6.45, 7) is 0.369. The van der Waals surface area contributed by atoms with E-state index < -0.39 is 23.4 Å². The average Bonchev–Trinajstić information content (AvgIpc) is 3.44. The molecular weight excluding hydrogens is 392 g/mol. The molecule has 0 aromatic heterocycles. The van der Waals surface area contributed by atoms with Crippen molar-refractivity contribution in [1.29, 1.82) is 0 Å². The number of fused-ring (bicyclic) bond motifs is 2. The van der Waals surface area contributed by atoms with Crippen LogP contribution in [0.15, 0.2) is 24.3 Å². The first kappa shape index (κ1) is 18.9. The monoisotopic (exact) mass is 414 g/mol. The van der Waals surface area contributed by atoms with Crippen LogP contribution in [0.1, 0.15) is 35.1 Å². The normalized spacial score (nSPS) is 25.9. The third kappa shape index (κ3) is 2.34. The molecule has 0 amide bonds. The molecule has 0 unspecified atom stereocenters. The van der Waals surface area contributed by atoms with Gasteiger partial charge in [0.1, 0.15) is 5.41 Å². The summed E-state index contributed by atoms with van der Waals surface area (Å²) in [5, 5.41) is 11.3. The molecule has 1 aliphatic carbocycles. The topological polar surface area (TPSA) is 92.7 Å². The fourth-order valence-corrected chi connectivity index (χ4v) is 4.98. The van der Waals surface area contributed by atoms with Crippen molar-refractivity contribution in [3.8, 4) is 28.7 Å². The second-order valence-corrected chi connectivity index (χ2v) is 7.55. The molecular formula is C22H22O8. The molecule has 3 aliphatic rings. The average molecular weight is 414 g/mol. The van der Waals surface area contributed by atoms with E-state index in [9.17, 15) is 9.90 Å². The Labute approximate surface area is 173 Å². The molecule has 2 heterocycles. The summed E-state index contributed by atoms with van der Waals surface area (Å²) in [5.74, 6) is 1.62. The third-order valence-corrected chi connectivity index (χ3v) is 6.34. The van der Waals surface area contributed by atoms with Crippen molar-refractivity contribution in [1.82, 2.24) is 0 Å². The van der Waals surface area contributed by atoms with E-state index in [2.05, 4.69) is 0 Å². The van der Waals surface area contributed by atoms with Gasteiger partial charge in [-0.05, 0) is 41.0 Å². The molecule has 8 heteroatoms. The Morgan fingerprint density at radius 3 is 2.10 bits per heavy atom. The fourth-order valence-electron chi connectivity index (χ4n) is 4.98. The number of aliphatic hydroxyl groups excluding tert-OH is 1. The van der Waals surface area contributed by atoms with Gasteiger partial charge in [-0.15, -0.1) is 0 Å². The van der Waals surface area contributed by atoms with E-state index in [0.29, 0.717) is 40.7 Å². The lowest BCUT2D eigenvalue weighted by Gasteiger charge is -2.31. The van der Waals surface area contributed by atoms with E-state index in [1.165, 1.54) is 21.3 Å². The second-order valence-electron chi connectivity index (χ2n) is 7.55. The lowest BCUT2D eigenvalue weighted by Crippen LogP contribution is -2.35. The number of ether oxygens (including phenoxy) is 6. The van der Waals surface area contributed by atoms with E-state index in [1.54, 1.807) is 6.07 Å². The summed E-state index contributed by atoms with van der Waals surface area (Å²) in [4.78, 5) is 13.0. The van der Waals surface area contributed by atoms with Crippen LogP contribution in [0.2, 0.25) is 0 Å². The fraction of sp³-hybridized carbons (Fsp3) is 0.409. The molecule has 1 fully saturated rings. The standard InChI is InChI=1S/C22H22O8/c1-25-16-6-11(7-17(26-2)19(16)27-3)18-12-8-14-15(30-10-29-14)9-13(12)20(23)22(18)4-5-28-21(22)24/h6-9,18,20,23H,4-5,10H2,1-3H3/t18-,20+,22-/m1/s1. The van der Waals surface area contributed by atoms with Gasteiger partial charge in [0.2, 0.25) is 12.5 Å². The van der Waals surface area contributed by atoms with Gasteiger partial charge in [0, 0.05) is 12.3 Å². The third-order valence-electron chi connectivity index (χ3n) is 6.34. The largest absolute Gasteiger partial charge is 0.493 e.